The Hall–Kier alpha value is -4.61. The Morgan fingerprint density at radius 2 is 1.78 bits per heavy atom. The zero-order valence-corrected chi connectivity index (χ0v) is 32.1. The van der Waals surface area contributed by atoms with Crippen LogP contribution in [-0.4, -0.2) is 107 Å². The number of methoxy groups -OCH3 is 2. The fourth-order valence-corrected chi connectivity index (χ4v) is 12.3. The van der Waals surface area contributed by atoms with Crippen molar-refractivity contribution in [3.8, 4) is 40.2 Å². The van der Waals surface area contributed by atoms with Gasteiger partial charge in [-0.2, -0.15) is 0 Å². The van der Waals surface area contributed by atoms with Crippen LogP contribution in [-0.2, 0) is 43.5 Å². The van der Waals surface area contributed by atoms with E-state index in [4.69, 9.17) is 28.4 Å². The number of piperazine rings is 1. The molecular formula is C39H43N3O12S. The minimum Gasteiger partial charge on any atom is -0.504 e. The van der Waals surface area contributed by atoms with E-state index in [1.807, 2.05) is 29.8 Å². The molecule has 15 nitrogen and oxygen atoms in total. The fourth-order valence-electron chi connectivity index (χ4n) is 10.2. The third-order valence-electron chi connectivity index (χ3n) is 12.4. The number of aliphatic hydroxyl groups is 1. The molecule has 16 heteroatoms. The summed E-state index contributed by atoms with van der Waals surface area (Å²) in [5.41, 5.74) is 2.93. The summed E-state index contributed by atoms with van der Waals surface area (Å²) in [6, 6.07) is 2.16. The van der Waals surface area contributed by atoms with Crippen LogP contribution in [0.4, 0.5) is 0 Å². The molecule has 55 heavy (non-hydrogen) atoms. The number of phenols is 2. The van der Waals surface area contributed by atoms with Gasteiger partial charge in [0.1, 0.15) is 18.6 Å². The van der Waals surface area contributed by atoms with Crippen molar-refractivity contribution in [3.63, 3.8) is 0 Å². The van der Waals surface area contributed by atoms with E-state index < -0.39 is 63.9 Å². The van der Waals surface area contributed by atoms with Gasteiger partial charge in [-0.15, -0.1) is 0 Å². The second-order valence-electron chi connectivity index (χ2n) is 15.1. The molecule has 292 valence electrons. The lowest BCUT2D eigenvalue weighted by Gasteiger charge is -2.62. The molecule has 0 saturated carbocycles. The van der Waals surface area contributed by atoms with E-state index in [0.717, 1.165) is 11.1 Å². The highest BCUT2D eigenvalue weighted by atomic mass is 32.2. The maximum atomic E-state index is 15.9. The molecule has 0 aromatic heterocycles. The second-order valence-corrected chi connectivity index (χ2v) is 16.7. The summed E-state index contributed by atoms with van der Waals surface area (Å²) < 4.78 is 51.5. The molecule has 0 amide bonds. The zero-order chi connectivity index (χ0) is 38.8. The van der Waals surface area contributed by atoms with Gasteiger partial charge in [-0.1, -0.05) is 6.07 Å². The summed E-state index contributed by atoms with van der Waals surface area (Å²) in [5, 5.41) is 37.6. The monoisotopic (exact) mass is 777 g/mol. The molecule has 1 spiro atoms. The number of aromatic hydroxyl groups is 2. The summed E-state index contributed by atoms with van der Waals surface area (Å²) in [5.74, 6) is -0.492. The van der Waals surface area contributed by atoms with Crippen molar-refractivity contribution in [2.45, 2.75) is 74.8 Å². The maximum Gasteiger partial charge on any atom is 0.332 e. The number of nitrogens with one attached hydrogen (secondary N) is 1. The molecule has 7 heterocycles. The number of carbonyl (C=O) groups excluding carboxylic acids is 2. The van der Waals surface area contributed by atoms with Crippen LogP contribution in [0, 0.1) is 13.8 Å². The number of nitrogens with zero attached hydrogens (tertiary/aromatic N) is 2. The van der Waals surface area contributed by atoms with Crippen LogP contribution < -0.4 is 29.0 Å². The Balaban J connectivity index is 1.35. The molecule has 7 aliphatic heterocycles. The number of carbonyl (C=O) groups is 2. The van der Waals surface area contributed by atoms with E-state index in [2.05, 4.69) is 5.32 Å². The lowest BCUT2D eigenvalue weighted by Crippen LogP contribution is -2.70. The average Bonchev–Trinajstić information content (AvgIpc) is 3.64. The molecule has 0 radical (unpaired) electrons. The second kappa shape index (κ2) is 12.7. The lowest BCUT2D eigenvalue weighted by atomic mass is 9.73. The highest BCUT2D eigenvalue weighted by molar-refractivity contribution is 7.85. The topological polar surface area (TPSA) is 186 Å². The van der Waals surface area contributed by atoms with Gasteiger partial charge in [0.05, 0.1) is 49.4 Å². The number of phenolic OH excluding ortho intramolecular Hbond substituents is 2. The Morgan fingerprint density at radius 3 is 2.51 bits per heavy atom. The van der Waals surface area contributed by atoms with Gasteiger partial charge < -0.3 is 43.7 Å². The molecule has 3 aromatic rings. The van der Waals surface area contributed by atoms with Crippen molar-refractivity contribution in [2.24, 2.45) is 0 Å². The number of hydrogen-bond acceptors (Lipinski definition) is 15. The summed E-state index contributed by atoms with van der Waals surface area (Å²) in [4.78, 5) is 31.5. The molecule has 0 aliphatic carbocycles. The van der Waals surface area contributed by atoms with E-state index in [9.17, 15) is 24.9 Å². The van der Waals surface area contributed by atoms with Crippen LogP contribution in [0.15, 0.2) is 18.2 Å². The predicted molar refractivity (Wildman–Crippen MR) is 195 cm³/mol. The summed E-state index contributed by atoms with van der Waals surface area (Å²) in [6.45, 7) is 4.77. The molecule has 10 rings (SSSR count). The number of benzene rings is 3. The first-order chi connectivity index (χ1) is 26.3. The molecule has 2 saturated heterocycles. The van der Waals surface area contributed by atoms with Crippen LogP contribution in [0.25, 0.3) is 0 Å². The molecule has 8 atom stereocenters. The highest BCUT2D eigenvalue weighted by Crippen LogP contribution is 2.63. The maximum absolute atomic E-state index is 15.9. The van der Waals surface area contributed by atoms with Crippen LogP contribution in [0.5, 0.6) is 40.2 Å². The van der Waals surface area contributed by atoms with Crippen molar-refractivity contribution in [2.75, 3.05) is 47.0 Å². The van der Waals surface area contributed by atoms with Gasteiger partial charge in [0.15, 0.2) is 40.0 Å². The van der Waals surface area contributed by atoms with Gasteiger partial charge in [-0.3, -0.25) is 24.1 Å². The van der Waals surface area contributed by atoms with Crippen LogP contribution in [0.1, 0.15) is 68.8 Å². The van der Waals surface area contributed by atoms with Crippen molar-refractivity contribution >= 4 is 22.7 Å². The Bertz CT molecular complexity index is 2210. The van der Waals surface area contributed by atoms with Crippen LogP contribution in [0.3, 0.4) is 0 Å². The third kappa shape index (κ3) is 4.90. The predicted octanol–water partition coefficient (Wildman–Crippen LogP) is 2.43. The smallest absolute Gasteiger partial charge is 0.332 e. The largest absolute Gasteiger partial charge is 0.504 e. The van der Waals surface area contributed by atoms with Crippen molar-refractivity contribution in [3.05, 3.63) is 62.7 Å². The summed E-state index contributed by atoms with van der Waals surface area (Å²) >= 11 is 0. The molecule has 2 fully saturated rings. The number of ether oxygens (including phenoxy) is 6. The number of esters is 2. The van der Waals surface area contributed by atoms with Gasteiger partial charge >= 0.3 is 11.9 Å². The quantitative estimate of drug-likeness (QED) is 0.224. The van der Waals surface area contributed by atoms with E-state index in [-0.39, 0.29) is 42.2 Å². The number of fused-ring (bicyclic) bond motifs is 9. The number of hydrogen-bond donors (Lipinski definition) is 4. The lowest BCUT2D eigenvalue weighted by molar-refractivity contribution is -0.186. The normalized spacial score (nSPS) is 30.5. The minimum atomic E-state index is -2.06. The number of rotatable bonds is 3. The Labute approximate surface area is 319 Å². The molecule has 4 bridgehead atoms. The van der Waals surface area contributed by atoms with Crippen molar-refractivity contribution in [1.29, 1.82) is 0 Å². The molecule has 4 N–H and O–H groups in total. The molecule has 3 aromatic carbocycles. The van der Waals surface area contributed by atoms with Crippen LogP contribution >= 0.6 is 0 Å². The first-order valence-corrected chi connectivity index (χ1v) is 19.6. The first kappa shape index (κ1) is 36.1. The van der Waals surface area contributed by atoms with Gasteiger partial charge in [-0.25, -0.2) is 4.79 Å². The standard InChI is InChI=1S/C39H43N3O12S/c1-16-9-20-10-22-37(46)42-23-13-51-38(47)39(21-12-25(49-5)24(44)11-19(21)7-8-40-39)14-55(48)36(30(42)29(41(22)4)26(20)31(45)32(16)50-6)28-27(23)35-34(52-15-53-35)17(2)33(28)54-18(3)43/h9,11-12,22-23,29-30,36-37,40,44-46H,7-8,10,13-15H2,1-6H3. The molecular weight excluding hydrogens is 735 g/mol. The van der Waals surface area contributed by atoms with E-state index in [0.29, 0.717) is 70.0 Å². The van der Waals surface area contributed by atoms with Gasteiger partial charge in [0, 0.05) is 46.5 Å². The van der Waals surface area contributed by atoms with E-state index >= 15 is 4.21 Å². The molecule has 7 aliphatic rings. The number of likely N-dealkylation sites (N-methyl/N-ethyl adjacent to an activating group) is 1. The highest BCUT2D eigenvalue weighted by Gasteiger charge is 2.63. The van der Waals surface area contributed by atoms with Crippen molar-refractivity contribution in [1.82, 2.24) is 15.1 Å². The Morgan fingerprint density at radius 1 is 1.02 bits per heavy atom. The van der Waals surface area contributed by atoms with E-state index in [1.54, 1.807) is 19.1 Å². The van der Waals surface area contributed by atoms with Crippen molar-refractivity contribution < 1.29 is 57.5 Å². The van der Waals surface area contributed by atoms with E-state index in [1.165, 1.54) is 21.1 Å². The van der Waals surface area contributed by atoms with Gasteiger partial charge in [0.2, 0.25) is 6.79 Å². The summed E-state index contributed by atoms with van der Waals surface area (Å²) in [6.07, 6.45) is -0.330. The SMILES string of the molecule is COc1cc2c(cc1O)CCNC21CS(=O)C2c3c(OC(C)=O)c(C)c4c(c3C(COC1=O)N1C(O)C3Cc5cc(C)c(OC)c(O)c5C(C21)N3C)OCO4. The Kier molecular flexibility index (Phi) is 8.33. The first-order valence-electron chi connectivity index (χ1n) is 18.2. The summed E-state index contributed by atoms with van der Waals surface area (Å²) in [7, 11) is 2.72. The number of aryl methyl sites for hydroxylation is 1. The molecule has 8 unspecified atom stereocenters. The van der Waals surface area contributed by atoms with Gasteiger partial charge in [0.25, 0.3) is 0 Å². The average molecular weight is 778 g/mol. The van der Waals surface area contributed by atoms with Gasteiger partial charge in [-0.05, 0) is 68.1 Å². The third-order valence-corrected chi connectivity index (χ3v) is 14.2. The zero-order valence-electron chi connectivity index (χ0n) is 31.3. The minimum absolute atomic E-state index is 0.0529. The fraction of sp³-hybridized carbons (Fsp3) is 0.487. The number of aliphatic hydroxyl groups excluding tert-OH is 1. The van der Waals surface area contributed by atoms with Crippen LogP contribution in [0.2, 0.25) is 0 Å².